The second-order valence-electron chi connectivity index (χ2n) is 5.23. The van der Waals surface area contributed by atoms with Crippen molar-refractivity contribution in [3.63, 3.8) is 0 Å². The molecule has 0 amide bonds. The maximum absolute atomic E-state index is 12.5. The summed E-state index contributed by atoms with van der Waals surface area (Å²) in [7, 11) is 0. The fraction of sp³-hybridized carbons (Fsp3) is 0.643. The number of aromatic nitrogens is 1. The van der Waals surface area contributed by atoms with Crippen LogP contribution in [0, 0.1) is 0 Å². The first-order valence-electron chi connectivity index (χ1n) is 7.21. The van der Waals surface area contributed by atoms with E-state index in [1.54, 1.807) is 0 Å². The van der Waals surface area contributed by atoms with Crippen molar-refractivity contribution in [1.82, 2.24) is 9.88 Å². The Labute approximate surface area is 122 Å². The average molecular weight is 302 g/mol. The third-order valence-corrected chi connectivity index (χ3v) is 3.67. The van der Waals surface area contributed by atoms with Crippen molar-refractivity contribution < 1.29 is 13.2 Å². The van der Waals surface area contributed by atoms with Crippen LogP contribution in [0.5, 0.6) is 0 Å². The Kier molecular flexibility index (Phi) is 5.41. The molecule has 21 heavy (non-hydrogen) atoms. The van der Waals surface area contributed by atoms with Crippen LogP contribution in [0.25, 0.3) is 0 Å². The number of halogens is 3. The molecule has 0 radical (unpaired) electrons. The van der Waals surface area contributed by atoms with Crippen LogP contribution in [-0.2, 0) is 6.18 Å². The fourth-order valence-electron chi connectivity index (χ4n) is 2.48. The van der Waals surface area contributed by atoms with Crippen LogP contribution in [0.3, 0.4) is 0 Å². The minimum absolute atomic E-state index is 0.615. The van der Waals surface area contributed by atoms with Gasteiger partial charge in [0.15, 0.2) is 0 Å². The second kappa shape index (κ2) is 7.09. The van der Waals surface area contributed by atoms with E-state index in [4.69, 9.17) is 5.73 Å². The van der Waals surface area contributed by atoms with Gasteiger partial charge in [-0.3, -0.25) is 0 Å². The molecule has 1 aliphatic rings. The summed E-state index contributed by atoms with van der Waals surface area (Å²) in [5.74, 6) is 0.615. The zero-order valence-electron chi connectivity index (χ0n) is 11.9. The lowest BCUT2D eigenvalue weighted by Gasteiger charge is -2.23. The molecular formula is C14H21F3N4. The van der Waals surface area contributed by atoms with E-state index in [0.29, 0.717) is 12.4 Å². The Bertz CT molecular complexity index is 433. The molecule has 0 saturated carbocycles. The third-order valence-electron chi connectivity index (χ3n) is 3.67. The number of alkyl halides is 3. The Morgan fingerprint density at radius 1 is 1.14 bits per heavy atom. The molecule has 0 atom stereocenters. The summed E-state index contributed by atoms with van der Waals surface area (Å²) in [5, 5.41) is 0. The molecule has 7 heteroatoms. The molecule has 0 unspecified atom stereocenters. The van der Waals surface area contributed by atoms with Crippen LogP contribution in [0.4, 0.5) is 19.0 Å². The highest BCUT2D eigenvalue weighted by molar-refractivity contribution is 5.40. The SMILES string of the molecule is NCCCN1CCCN(c2ccc(C(F)(F)F)cn2)CC1. The lowest BCUT2D eigenvalue weighted by atomic mass is 10.2. The first-order chi connectivity index (χ1) is 10.0. The maximum Gasteiger partial charge on any atom is 0.417 e. The quantitative estimate of drug-likeness (QED) is 0.923. The van der Waals surface area contributed by atoms with Crippen LogP contribution >= 0.6 is 0 Å². The van der Waals surface area contributed by atoms with Gasteiger partial charge in [0.1, 0.15) is 5.82 Å². The van der Waals surface area contributed by atoms with E-state index in [0.717, 1.165) is 57.8 Å². The van der Waals surface area contributed by atoms with Gasteiger partial charge in [-0.2, -0.15) is 13.2 Å². The van der Waals surface area contributed by atoms with Gasteiger partial charge in [-0.15, -0.1) is 0 Å². The van der Waals surface area contributed by atoms with Crippen molar-refractivity contribution in [2.75, 3.05) is 44.2 Å². The Balaban J connectivity index is 1.96. The molecule has 2 rings (SSSR count). The van der Waals surface area contributed by atoms with Crippen molar-refractivity contribution in [2.24, 2.45) is 5.73 Å². The predicted molar refractivity (Wildman–Crippen MR) is 76.2 cm³/mol. The third kappa shape index (κ3) is 4.57. The highest BCUT2D eigenvalue weighted by Crippen LogP contribution is 2.29. The zero-order chi connectivity index (χ0) is 15.3. The van der Waals surface area contributed by atoms with Crippen LogP contribution in [0.15, 0.2) is 18.3 Å². The van der Waals surface area contributed by atoms with Gasteiger partial charge in [0.25, 0.3) is 0 Å². The number of nitrogens with two attached hydrogens (primary N) is 1. The summed E-state index contributed by atoms with van der Waals surface area (Å²) >= 11 is 0. The van der Waals surface area contributed by atoms with Crippen molar-refractivity contribution in [2.45, 2.75) is 19.0 Å². The molecule has 0 bridgehead atoms. The molecule has 1 saturated heterocycles. The monoisotopic (exact) mass is 302 g/mol. The number of pyridine rings is 1. The molecule has 0 spiro atoms. The van der Waals surface area contributed by atoms with Crippen molar-refractivity contribution in [3.8, 4) is 0 Å². The molecule has 1 fully saturated rings. The smallest absolute Gasteiger partial charge is 0.355 e. The number of hydrogen-bond acceptors (Lipinski definition) is 4. The molecule has 2 heterocycles. The van der Waals surface area contributed by atoms with Crippen molar-refractivity contribution in [3.05, 3.63) is 23.9 Å². The van der Waals surface area contributed by atoms with Gasteiger partial charge in [0.05, 0.1) is 5.56 Å². The van der Waals surface area contributed by atoms with Gasteiger partial charge in [0, 0.05) is 25.8 Å². The van der Waals surface area contributed by atoms with E-state index in [-0.39, 0.29) is 0 Å². The lowest BCUT2D eigenvalue weighted by molar-refractivity contribution is -0.137. The standard InChI is InChI=1S/C14H21F3N4/c15-14(16,17)12-3-4-13(19-11-12)21-8-2-7-20(9-10-21)6-1-5-18/h3-4,11H,1-2,5-10,18H2. The Morgan fingerprint density at radius 2 is 1.95 bits per heavy atom. The van der Waals surface area contributed by atoms with Gasteiger partial charge in [-0.1, -0.05) is 0 Å². The van der Waals surface area contributed by atoms with E-state index in [9.17, 15) is 13.2 Å². The van der Waals surface area contributed by atoms with Crippen molar-refractivity contribution >= 4 is 5.82 Å². The van der Waals surface area contributed by atoms with Gasteiger partial charge < -0.3 is 15.5 Å². The second-order valence-corrected chi connectivity index (χ2v) is 5.23. The molecular weight excluding hydrogens is 281 g/mol. The van der Waals surface area contributed by atoms with Gasteiger partial charge in [-0.05, 0) is 44.6 Å². The van der Waals surface area contributed by atoms with Crippen LogP contribution in [0.1, 0.15) is 18.4 Å². The summed E-state index contributed by atoms with van der Waals surface area (Å²) in [6.45, 7) is 5.14. The molecule has 4 nitrogen and oxygen atoms in total. The van der Waals surface area contributed by atoms with Gasteiger partial charge >= 0.3 is 6.18 Å². The van der Waals surface area contributed by atoms with Crippen LogP contribution in [0.2, 0.25) is 0 Å². The minimum Gasteiger partial charge on any atom is -0.355 e. The highest BCUT2D eigenvalue weighted by Gasteiger charge is 2.30. The summed E-state index contributed by atoms with van der Waals surface area (Å²) in [5.41, 5.74) is 4.81. The summed E-state index contributed by atoms with van der Waals surface area (Å²) in [6, 6.07) is 2.55. The normalized spacial score (nSPS) is 17.8. The van der Waals surface area contributed by atoms with Crippen LogP contribution in [-0.4, -0.2) is 49.2 Å². The molecule has 1 aromatic rings. The number of hydrogen-bond donors (Lipinski definition) is 1. The fourth-order valence-corrected chi connectivity index (χ4v) is 2.48. The van der Waals surface area contributed by atoms with Crippen LogP contribution < -0.4 is 10.6 Å². The largest absolute Gasteiger partial charge is 0.417 e. The van der Waals surface area contributed by atoms with E-state index < -0.39 is 11.7 Å². The first kappa shape index (κ1) is 16.0. The summed E-state index contributed by atoms with van der Waals surface area (Å²) in [6.07, 6.45) is -1.47. The molecule has 0 aromatic carbocycles. The topological polar surface area (TPSA) is 45.4 Å². The van der Waals surface area contributed by atoms with Gasteiger partial charge in [0.2, 0.25) is 0 Å². The van der Waals surface area contributed by atoms with Gasteiger partial charge in [-0.25, -0.2) is 4.98 Å². The molecule has 0 aliphatic carbocycles. The molecule has 1 aliphatic heterocycles. The van der Waals surface area contributed by atoms with E-state index >= 15 is 0 Å². The lowest BCUT2D eigenvalue weighted by Crippen LogP contribution is -2.32. The molecule has 1 aromatic heterocycles. The average Bonchev–Trinajstić information content (AvgIpc) is 2.70. The number of anilines is 1. The maximum atomic E-state index is 12.5. The molecule has 118 valence electrons. The summed E-state index contributed by atoms with van der Waals surface area (Å²) in [4.78, 5) is 8.35. The van der Waals surface area contributed by atoms with E-state index in [2.05, 4.69) is 9.88 Å². The van der Waals surface area contributed by atoms with Crippen molar-refractivity contribution in [1.29, 1.82) is 0 Å². The van der Waals surface area contributed by atoms with E-state index in [1.807, 2.05) is 4.90 Å². The first-order valence-corrected chi connectivity index (χ1v) is 7.21. The van der Waals surface area contributed by atoms with E-state index in [1.165, 1.54) is 6.07 Å². The number of rotatable bonds is 4. The number of nitrogens with zero attached hydrogens (tertiary/aromatic N) is 3. The molecule has 2 N–H and O–H groups in total. The highest BCUT2D eigenvalue weighted by atomic mass is 19.4. The minimum atomic E-state index is -4.33. The zero-order valence-corrected chi connectivity index (χ0v) is 11.9. The Morgan fingerprint density at radius 3 is 2.57 bits per heavy atom. The summed E-state index contributed by atoms with van der Waals surface area (Å²) < 4.78 is 37.6. The Hall–Kier alpha value is -1.34. The predicted octanol–water partition coefficient (Wildman–Crippen LogP) is 1.96.